The van der Waals surface area contributed by atoms with Gasteiger partial charge in [0.1, 0.15) is 5.82 Å². The van der Waals surface area contributed by atoms with E-state index in [-0.39, 0.29) is 24.1 Å². The first-order chi connectivity index (χ1) is 12.8. The molecule has 2 aromatic rings. The first kappa shape index (κ1) is 19.3. The SMILES string of the molecule is Cc1cc(=O)[nH]c(C(C)(C)NCC(=O)N(C)C2CCCc3ccccc32)n1. The molecule has 0 saturated heterocycles. The van der Waals surface area contributed by atoms with Crippen LogP contribution in [0.4, 0.5) is 0 Å². The summed E-state index contributed by atoms with van der Waals surface area (Å²) in [7, 11) is 1.87. The van der Waals surface area contributed by atoms with Crippen molar-refractivity contribution >= 4 is 5.91 Å². The molecule has 1 amide bonds. The van der Waals surface area contributed by atoms with Crippen molar-refractivity contribution in [3.8, 4) is 0 Å². The van der Waals surface area contributed by atoms with E-state index in [2.05, 4.69) is 33.5 Å². The number of carbonyl (C=O) groups is 1. The summed E-state index contributed by atoms with van der Waals surface area (Å²) in [5.41, 5.74) is 2.44. The molecule has 0 fully saturated rings. The van der Waals surface area contributed by atoms with Crippen molar-refractivity contribution in [1.82, 2.24) is 20.2 Å². The second-order valence-electron chi connectivity index (χ2n) is 7.83. The van der Waals surface area contributed by atoms with Crippen molar-refractivity contribution in [2.75, 3.05) is 13.6 Å². The minimum absolute atomic E-state index is 0.0276. The van der Waals surface area contributed by atoms with Gasteiger partial charge in [-0.3, -0.25) is 14.9 Å². The summed E-state index contributed by atoms with van der Waals surface area (Å²) in [6.07, 6.45) is 3.15. The third kappa shape index (κ3) is 4.27. The maximum Gasteiger partial charge on any atom is 0.251 e. The zero-order valence-electron chi connectivity index (χ0n) is 16.5. The second-order valence-corrected chi connectivity index (χ2v) is 7.83. The van der Waals surface area contributed by atoms with Crippen LogP contribution in [0, 0.1) is 6.92 Å². The molecule has 144 valence electrons. The molecule has 1 aliphatic rings. The highest BCUT2D eigenvalue weighted by Crippen LogP contribution is 2.33. The fraction of sp³-hybridized carbons (Fsp3) is 0.476. The van der Waals surface area contributed by atoms with Crippen LogP contribution in [-0.4, -0.2) is 34.4 Å². The Hall–Kier alpha value is -2.47. The van der Waals surface area contributed by atoms with Gasteiger partial charge in [0.2, 0.25) is 5.91 Å². The number of aromatic amines is 1. The van der Waals surface area contributed by atoms with Crippen LogP contribution in [0.1, 0.15) is 55.4 Å². The van der Waals surface area contributed by atoms with E-state index in [1.165, 1.54) is 17.2 Å². The number of fused-ring (bicyclic) bond motifs is 1. The molecule has 2 N–H and O–H groups in total. The van der Waals surface area contributed by atoms with E-state index in [1.807, 2.05) is 31.9 Å². The summed E-state index contributed by atoms with van der Waals surface area (Å²) in [6, 6.07) is 9.95. The number of benzene rings is 1. The first-order valence-corrected chi connectivity index (χ1v) is 9.45. The summed E-state index contributed by atoms with van der Waals surface area (Å²) < 4.78 is 0. The summed E-state index contributed by atoms with van der Waals surface area (Å²) >= 11 is 0. The number of aromatic nitrogens is 2. The summed E-state index contributed by atoms with van der Waals surface area (Å²) in [5.74, 6) is 0.561. The lowest BCUT2D eigenvalue weighted by Gasteiger charge is -2.34. The molecule has 0 saturated carbocycles. The van der Waals surface area contributed by atoms with Crippen LogP contribution in [0.25, 0.3) is 0 Å². The van der Waals surface area contributed by atoms with E-state index in [0.29, 0.717) is 11.5 Å². The van der Waals surface area contributed by atoms with Gasteiger partial charge in [-0.25, -0.2) is 4.98 Å². The van der Waals surface area contributed by atoms with Crippen molar-refractivity contribution in [3.63, 3.8) is 0 Å². The molecule has 1 unspecified atom stereocenters. The Balaban J connectivity index is 1.69. The Morgan fingerprint density at radius 1 is 1.37 bits per heavy atom. The highest BCUT2D eigenvalue weighted by molar-refractivity contribution is 5.78. The average molecular weight is 368 g/mol. The van der Waals surface area contributed by atoms with Gasteiger partial charge in [-0.15, -0.1) is 0 Å². The molecule has 1 aromatic carbocycles. The highest BCUT2D eigenvalue weighted by Gasteiger charge is 2.29. The molecule has 0 aliphatic heterocycles. The molecular formula is C21H28N4O2. The number of nitrogens with one attached hydrogen (secondary N) is 2. The van der Waals surface area contributed by atoms with E-state index in [9.17, 15) is 9.59 Å². The van der Waals surface area contributed by atoms with Crippen molar-refractivity contribution in [2.24, 2.45) is 0 Å². The number of amides is 1. The molecule has 1 heterocycles. The summed E-state index contributed by atoms with van der Waals surface area (Å²) in [6.45, 7) is 5.79. The molecule has 6 heteroatoms. The van der Waals surface area contributed by atoms with Crippen LogP contribution in [0.15, 0.2) is 35.1 Å². The quantitative estimate of drug-likeness (QED) is 0.850. The number of aryl methyl sites for hydroxylation is 2. The lowest BCUT2D eigenvalue weighted by atomic mass is 9.87. The number of nitrogens with zero attached hydrogens (tertiary/aromatic N) is 2. The van der Waals surface area contributed by atoms with Gasteiger partial charge in [0.25, 0.3) is 5.56 Å². The predicted octanol–water partition coefficient (Wildman–Crippen LogP) is 2.44. The highest BCUT2D eigenvalue weighted by atomic mass is 16.2. The maximum atomic E-state index is 12.8. The molecule has 0 spiro atoms. The van der Waals surface area contributed by atoms with Crippen molar-refractivity contribution in [1.29, 1.82) is 0 Å². The fourth-order valence-electron chi connectivity index (χ4n) is 3.68. The molecule has 3 rings (SSSR count). The van der Waals surface area contributed by atoms with Crippen molar-refractivity contribution in [3.05, 3.63) is 63.3 Å². The number of H-pyrrole nitrogens is 1. The van der Waals surface area contributed by atoms with Gasteiger partial charge in [-0.2, -0.15) is 0 Å². The van der Waals surface area contributed by atoms with Gasteiger partial charge in [-0.1, -0.05) is 24.3 Å². The predicted molar refractivity (Wildman–Crippen MR) is 106 cm³/mol. The Kier molecular flexibility index (Phi) is 5.46. The van der Waals surface area contributed by atoms with E-state index in [4.69, 9.17) is 0 Å². The van der Waals surface area contributed by atoms with E-state index in [0.717, 1.165) is 19.3 Å². The monoisotopic (exact) mass is 368 g/mol. The van der Waals surface area contributed by atoms with Crippen LogP contribution >= 0.6 is 0 Å². The van der Waals surface area contributed by atoms with Gasteiger partial charge < -0.3 is 9.88 Å². The van der Waals surface area contributed by atoms with Crippen LogP contribution < -0.4 is 10.9 Å². The Morgan fingerprint density at radius 3 is 2.85 bits per heavy atom. The normalized spacial score (nSPS) is 16.7. The minimum Gasteiger partial charge on any atom is -0.338 e. The van der Waals surface area contributed by atoms with Crippen LogP contribution in [0.3, 0.4) is 0 Å². The zero-order chi connectivity index (χ0) is 19.6. The Labute approximate surface area is 160 Å². The summed E-state index contributed by atoms with van der Waals surface area (Å²) in [4.78, 5) is 33.6. The zero-order valence-corrected chi connectivity index (χ0v) is 16.5. The molecule has 1 aromatic heterocycles. The van der Waals surface area contributed by atoms with Gasteiger partial charge in [0.15, 0.2) is 0 Å². The van der Waals surface area contributed by atoms with Crippen LogP contribution in [0.5, 0.6) is 0 Å². The largest absolute Gasteiger partial charge is 0.338 e. The number of likely N-dealkylation sites (N-methyl/N-ethyl adjacent to an activating group) is 1. The minimum atomic E-state index is -0.619. The maximum absolute atomic E-state index is 12.8. The van der Waals surface area contributed by atoms with E-state index >= 15 is 0 Å². The Bertz CT molecular complexity index is 888. The number of hydrogen-bond acceptors (Lipinski definition) is 4. The number of rotatable bonds is 5. The number of carbonyl (C=O) groups excluding carboxylic acids is 1. The van der Waals surface area contributed by atoms with Gasteiger partial charge in [0.05, 0.1) is 18.1 Å². The number of hydrogen-bond donors (Lipinski definition) is 2. The molecular weight excluding hydrogens is 340 g/mol. The second kappa shape index (κ2) is 7.64. The molecule has 0 bridgehead atoms. The topological polar surface area (TPSA) is 78.1 Å². The van der Waals surface area contributed by atoms with Crippen molar-refractivity contribution < 1.29 is 4.79 Å². The Morgan fingerprint density at radius 2 is 2.11 bits per heavy atom. The standard InChI is InChI=1S/C21H28N4O2/c1-14-12-18(26)24-20(23-14)21(2,3)22-13-19(27)25(4)17-11-7-9-15-8-5-6-10-16(15)17/h5-6,8,10,12,17,22H,7,9,11,13H2,1-4H3,(H,23,24,26). The van der Waals surface area contributed by atoms with Crippen molar-refractivity contribution in [2.45, 2.75) is 51.6 Å². The molecule has 27 heavy (non-hydrogen) atoms. The lowest BCUT2D eigenvalue weighted by molar-refractivity contribution is -0.131. The lowest BCUT2D eigenvalue weighted by Crippen LogP contribution is -2.46. The third-order valence-corrected chi connectivity index (χ3v) is 5.34. The molecule has 6 nitrogen and oxygen atoms in total. The first-order valence-electron chi connectivity index (χ1n) is 9.45. The smallest absolute Gasteiger partial charge is 0.251 e. The average Bonchev–Trinajstić information content (AvgIpc) is 2.64. The van der Waals surface area contributed by atoms with Gasteiger partial charge in [0, 0.05) is 18.8 Å². The van der Waals surface area contributed by atoms with E-state index < -0.39 is 5.54 Å². The van der Waals surface area contributed by atoms with Crippen LogP contribution in [0.2, 0.25) is 0 Å². The molecule has 1 atom stereocenters. The van der Waals surface area contributed by atoms with Gasteiger partial charge in [-0.05, 0) is 51.2 Å². The van der Waals surface area contributed by atoms with E-state index in [1.54, 1.807) is 6.92 Å². The third-order valence-electron chi connectivity index (χ3n) is 5.34. The molecule has 1 aliphatic carbocycles. The summed E-state index contributed by atoms with van der Waals surface area (Å²) in [5, 5.41) is 3.25. The molecule has 0 radical (unpaired) electrons. The van der Waals surface area contributed by atoms with Gasteiger partial charge >= 0.3 is 0 Å². The fourth-order valence-corrected chi connectivity index (χ4v) is 3.68. The van der Waals surface area contributed by atoms with Crippen LogP contribution in [-0.2, 0) is 16.8 Å².